The van der Waals surface area contributed by atoms with Crippen molar-refractivity contribution in [3.8, 4) is 0 Å². The van der Waals surface area contributed by atoms with Gasteiger partial charge in [-0.3, -0.25) is 9.59 Å². The van der Waals surface area contributed by atoms with Gasteiger partial charge < -0.3 is 15.2 Å². The van der Waals surface area contributed by atoms with Crippen molar-refractivity contribution in [3.05, 3.63) is 33.2 Å². The summed E-state index contributed by atoms with van der Waals surface area (Å²) < 4.78 is 2.34. The predicted octanol–water partition coefficient (Wildman–Crippen LogP) is 1.15. The highest BCUT2D eigenvalue weighted by molar-refractivity contribution is 9.10. The summed E-state index contributed by atoms with van der Waals surface area (Å²) >= 11 is 3.29. The quantitative estimate of drug-likeness (QED) is 0.807. The highest BCUT2D eigenvalue weighted by Gasteiger charge is 2.05. The Hall–Kier alpha value is -0.850. The van der Waals surface area contributed by atoms with Crippen molar-refractivity contribution in [2.45, 2.75) is 25.9 Å². The van der Waals surface area contributed by atoms with Gasteiger partial charge in [-0.15, -0.1) is 12.4 Å². The summed E-state index contributed by atoms with van der Waals surface area (Å²) in [4.78, 5) is 23.1. The van der Waals surface area contributed by atoms with E-state index in [-0.39, 0.29) is 29.9 Å². The molecule has 2 N–H and O–H groups in total. The van der Waals surface area contributed by atoms with E-state index in [2.05, 4.69) is 26.6 Å². The summed E-state index contributed by atoms with van der Waals surface area (Å²) in [5.41, 5.74) is -0.102. The lowest BCUT2D eigenvalue weighted by Gasteiger charge is -2.11. The topological polar surface area (TPSA) is 63.1 Å². The lowest BCUT2D eigenvalue weighted by molar-refractivity contribution is -0.121. The van der Waals surface area contributed by atoms with Gasteiger partial charge in [0.05, 0.1) is 0 Å². The molecule has 5 nitrogen and oxygen atoms in total. The van der Waals surface area contributed by atoms with Gasteiger partial charge in [0, 0.05) is 42.3 Å². The predicted molar refractivity (Wildman–Crippen MR) is 81.8 cm³/mol. The largest absolute Gasteiger partial charge is 0.354 e. The molecule has 1 rings (SSSR count). The molecule has 108 valence electrons. The zero-order valence-electron chi connectivity index (χ0n) is 11.0. The maximum absolute atomic E-state index is 11.6. The number of nitrogens with one attached hydrogen (secondary N) is 2. The van der Waals surface area contributed by atoms with Crippen molar-refractivity contribution >= 4 is 34.2 Å². The summed E-state index contributed by atoms with van der Waals surface area (Å²) in [6.07, 6.45) is 1.98. The molecule has 1 atom stereocenters. The van der Waals surface area contributed by atoms with Crippen molar-refractivity contribution in [3.63, 3.8) is 0 Å². The number of nitrogens with zero attached hydrogens (tertiary/aromatic N) is 1. The number of likely N-dealkylation sites (N-methyl/N-ethyl adjacent to an activating group) is 1. The molecule has 0 saturated heterocycles. The molecule has 0 fully saturated rings. The molecule has 0 aliphatic heterocycles. The maximum atomic E-state index is 11.6. The summed E-state index contributed by atoms with van der Waals surface area (Å²) in [5.74, 6) is -0.0519. The zero-order chi connectivity index (χ0) is 13.5. The molecule has 0 saturated carbocycles. The van der Waals surface area contributed by atoms with E-state index in [1.54, 1.807) is 12.3 Å². The summed E-state index contributed by atoms with van der Waals surface area (Å²) in [6, 6.07) is 3.40. The van der Waals surface area contributed by atoms with Crippen molar-refractivity contribution in [1.29, 1.82) is 0 Å². The minimum absolute atomic E-state index is 0. The number of aryl methyl sites for hydroxylation is 1. The standard InChI is InChI=1S/C12H18BrN3O2.ClH/c1-9(14-2)7-15-11(17)5-6-16-8-10(13)3-4-12(16)18;/h3-4,8-9,14H,5-7H2,1-2H3,(H,15,17);1H. The van der Waals surface area contributed by atoms with Crippen molar-refractivity contribution in [1.82, 2.24) is 15.2 Å². The fourth-order valence-corrected chi connectivity index (χ4v) is 1.74. The first-order valence-electron chi connectivity index (χ1n) is 5.83. The number of halogens is 2. The van der Waals surface area contributed by atoms with E-state index >= 15 is 0 Å². The van der Waals surface area contributed by atoms with E-state index in [4.69, 9.17) is 0 Å². The van der Waals surface area contributed by atoms with Gasteiger partial charge in [0.2, 0.25) is 5.91 Å². The number of carbonyl (C=O) groups excluding carboxylic acids is 1. The third kappa shape index (κ3) is 6.75. The number of hydrogen-bond acceptors (Lipinski definition) is 3. The first-order chi connectivity index (χ1) is 8.52. The average molecular weight is 353 g/mol. The van der Waals surface area contributed by atoms with E-state index in [1.165, 1.54) is 10.6 Å². The van der Waals surface area contributed by atoms with Crippen LogP contribution >= 0.6 is 28.3 Å². The molecular weight excluding hydrogens is 334 g/mol. The van der Waals surface area contributed by atoms with E-state index in [0.29, 0.717) is 19.5 Å². The Bertz CT molecular complexity index is 465. The van der Waals surface area contributed by atoms with E-state index in [0.717, 1.165) is 4.47 Å². The van der Waals surface area contributed by atoms with Crippen molar-refractivity contribution < 1.29 is 4.79 Å². The second kappa shape index (κ2) is 9.12. The smallest absolute Gasteiger partial charge is 0.250 e. The van der Waals surface area contributed by atoms with Crippen LogP contribution in [0.25, 0.3) is 0 Å². The number of pyridine rings is 1. The lowest BCUT2D eigenvalue weighted by atomic mass is 10.3. The van der Waals surface area contributed by atoms with Gasteiger partial charge in [-0.1, -0.05) is 0 Å². The SMILES string of the molecule is CNC(C)CNC(=O)CCn1cc(Br)ccc1=O.Cl. The molecule has 1 heterocycles. The Kier molecular flexibility index (Phi) is 8.71. The van der Waals surface area contributed by atoms with Gasteiger partial charge in [-0.2, -0.15) is 0 Å². The Morgan fingerprint density at radius 1 is 1.47 bits per heavy atom. The molecule has 7 heteroatoms. The van der Waals surface area contributed by atoms with Gasteiger partial charge in [-0.05, 0) is 36.0 Å². The van der Waals surface area contributed by atoms with E-state index in [9.17, 15) is 9.59 Å². The van der Waals surface area contributed by atoms with Crippen LogP contribution in [0.2, 0.25) is 0 Å². The number of hydrogen-bond donors (Lipinski definition) is 2. The number of rotatable bonds is 6. The fraction of sp³-hybridized carbons (Fsp3) is 0.500. The van der Waals surface area contributed by atoms with Gasteiger partial charge in [0.25, 0.3) is 5.56 Å². The minimum atomic E-state index is -0.102. The Morgan fingerprint density at radius 2 is 2.16 bits per heavy atom. The number of carbonyl (C=O) groups is 1. The van der Waals surface area contributed by atoms with Gasteiger partial charge in [0.1, 0.15) is 0 Å². The average Bonchev–Trinajstić information content (AvgIpc) is 2.36. The molecule has 19 heavy (non-hydrogen) atoms. The van der Waals surface area contributed by atoms with Gasteiger partial charge in [-0.25, -0.2) is 0 Å². The second-order valence-electron chi connectivity index (χ2n) is 4.12. The van der Waals surface area contributed by atoms with Crippen LogP contribution in [0.15, 0.2) is 27.6 Å². The fourth-order valence-electron chi connectivity index (χ4n) is 1.36. The van der Waals surface area contributed by atoms with Crippen LogP contribution in [0.4, 0.5) is 0 Å². The van der Waals surface area contributed by atoms with Crippen molar-refractivity contribution in [2.24, 2.45) is 0 Å². The van der Waals surface area contributed by atoms with Crippen LogP contribution in [-0.2, 0) is 11.3 Å². The maximum Gasteiger partial charge on any atom is 0.250 e. The third-order valence-corrected chi connectivity index (χ3v) is 3.09. The molecule has 0 spiro atoms. The minimum Gasteiger partial charge on any atom is -0.354 e. The molecule has 1 aromatic rings. The second-order valence-corrected chi connectivity index (χ2v) is 5.04. The molecule has 1 amide bonds. The van der Waals surface area contributed by atoms with Gasteiger partial charge in [0.15, 0.2) is 0 Å². The van der Waals surface area contributed by atoms with Crippen molar-refractivity contribution in [2.75, 3.05) is 13.6 Å². The molecule has 0 aromatic carbocycles. The Balaban J connectivity index is 0.00000324. The molecule has 0 aliphatic rings. The van der Waals surface area contributed by atoms with Crippen LogP contribution in [0.1, 0.15) is 13.3 Å². The Labute approximate surface area is 127 Å². The molecule has 0 bridgehead atoms. The molecule has 1 unspecified atom stereocenters. The molecule has 0 radical (unpaired) electrons. The van der Waals surface area contributed by atoms with E-state index in [1.807, 2.05) is 14.0 Å². The summed E-state index contributed by atoms with van der Waals surface area (Å²) in [5, 5.41) is 5.84. The normalized spacial score (nSPS) is 11.5. The summed E-state index contributed by atoms with van der Waals surface area (Å²) in [6.45, 7) is 2.96. The Morgan fingerprint density at radius 3 is 2.79 bits per heavy atom. The number of amides is 1. The molecule has 0 aliphatic carbocycles. The van der Waals surface area contributed by atoms with Crippen LogP contribution in [0.5, 0.6) is 0 Å². The molecular formula is C12H19BrClN3O2. The number of aromatic nitrogens is 1. The highest BCUT2D eigenvalue weighted by Crippen LogP contribution is 2.05. The highest BCUT2D eigenvalue weighted by atomic mass is 79.9. The summed E-state index contributed by atoms with van der Waals surface area (Å²) in [7, 11) is 1.85. The van der Waals surface area contributed by atoms with Crippen LogP contribution in [-0.4, -0.2) is 30.1 Å². The monoisotopic (exact) mass is 351 g/mol. The van der Waals surface area contributed by atoms with Crippen LogP contribution in [0, 0.1) is 0 Å². The van der Waals surface area contributed by atoms with Crippen LogP contribution < -0.4 is 16.2 Å². The zero-order valence-corrected chi connectivity index (χ0v) is 13.4. The molecule has 1 aromatic heterocycles. The van der Waals surface area contributed by atoms with Crippen LogP contribution in [0.3, 0.4) is 0 Å². The van der Waals surface area contributed by atoms with Gasteiger partial charge >= 0.3 is 0 Å². The lowest BCUT2D eigenvalue weighted by Crippen LogP contribution is -2.37. The third-order valence-electron chi connectivity index (χ3n) is 2.63. The first-order valence-corrected chi connectivity index (χ1v) is 6.62. The first kappa shape index (κ1) is 18.1. The van der Waals surface area contributed by atoms with E-state index < -0.39 is 0 Å².